The molecule has 3 rings (SSSR count). The predicted octanol–water partition coefficient (Wildman–Crippen LogP) is 3.14. The maximum Gasteiger partial charge on any atom is 0.306 e. The largest absolute Gasteiger partial charge is 0.481 e. The van der Waals surface area contributed by atoms with E-state index in [1.807, 2.05) is 44.2 Å². The second-order valence-corrected chi connectivity index (χ2v) is 6.17. The molecule has 0 spiro atoms. The van der Waals surface area contributed by atoms with Gasteiger partial charge in [0.15, 0.2) is 0 Å². The monoisotopic (exact) mass is 326 g/mol. The number of hydrogen-bond acceptors (Lipinski definition) is 5. The Hall–Kier alpha value is -2.63. The Balaban J connectivity index is 1.82. The zero-order valence-electron chi connectivity index (χ0n) is 14.0. The molecule has 1 aliphatic heterocycles. The number of hydrogen-bond donors (Lipinski definition) is 2. The molecular weight excluding hydrogens is 304 g/mol. The summed E-state index contributed by atoms with van der Waals surface area (Å²) >= 11 is 0. The Kier molecular flexibility index (Phi) is 4.64. The van der Waals surface area contributed by atoms with Crippen LogP contribution in [0.1, 0.15) is 24.1 Å². The van der Waals surface area contributed by atoms with E-state index >= 15 is 0 Å². The summed E-state index contributed by atoms with van der Waals surface area (Å²) in [4.78, 5) is 22.5. The van der Waals surface area contributed by atoms with E-state index in [1.54, 1.807) is 0 Å². The van der Waals surface area contributed by atoms with Crippen LogP contribution in [-0.4, -0.2) is 34.1 Å². The third-order valence-electron chi connectivity index (χ3n) is 4.54. The van der Waals surface area contributed by atoms with Gasteiger partial charge >= 0.3 is 5.97 Å². The minimum atomic E-state index is -0.698. The summed E-state index contributed by atoms with van der Waals surface area (Å²) in [5.74, 6) is 0.521. The van der Waals surface area contributed by atoms with Crippen molar-refractivity contribution in [2.75, 3.05) is 23.3 Å². The van der Waals surface area contributed by atoms with E-state index in [1.165, 1.54) is 0 Å². The van der Waals surface area contributed by atoms with Crippen LogP contribution < -0.4 is 10.2 Å². The molecule has 126 valence electrons. The summed E-state index contributed by atoms with van der Waals surface area (Å²) in [6.07, 6.45) is 1.30. The van der Waals surface area contributed by atoms with Crippen LogP contribution in [0.5, 0.6) is 0 Å². The number of piperidine rings is 1. The van der Waals surface area contributed by atoms with E-state index in [9.17, 15) is 4.79 Å². The summed E-state index contributed by atoms with van der Waals surface area (Å²) in [7, 11) is 0. The summed E-state index contributed by atoms with van der Waals surface area (Å²) < 4.78 is 0. The highest BCUT2D eigenvalue weighted by molar-refractivity contribution is 5.70. The SMILES string of the molecule is Cc1nc(Nc2ccccc2)nc(N2CCC(C(=O)O)CC2)c1C. The molecule has 1 saturated heterocycles. The van der Waals surface area contributed by atoms with E-state index in [4.69, 9.17) is 5.11 Å². The van der Waals surface area contributed by atoms with Gasteiger partial charge in [0.05, 0.1) is 5.92 Å². The minimum absolute atomic E-state index is 0.244. The van der Waals surface area contributed by atoms with Gasteiger partial charge in [-0.15, -0.1) is 0 Å². The van der Waals surface area contributed by atoms with Gasteiger partial charge in [-0.1, -0.05) is 18.2 Å². The van der Waals surface area contributed by atoms with Gasteiger partial charge in [0.25, 0.3) is 0 Å². The molecule has 24 heavy (non-hydrogen) atoms. The molecule has 6 heteroatoms. The first-order valence-electron chi connectivity index (χ1n) is 8.19. The van der Waals surface area contributed by atoms with Gasteiger partial charge < -0.3 is 15.3 Å². The van der Waals surface area contributed by atoms with Crippen LogP contribution >= 0.6 is 0 Å². The summed E-state index contributed by atoms with van der Waals surface area (Å²) in [5.41, 5.74) is 2.91. The standard InChI is InChI=1S/C18H22N4O2/c1-12-13(2)19-18(20-15-6-4-3-5-7-15)21-16(12)22-10-8-14(9-11-22)17(23)24/h3-7,14H,8-11H2,1-2H3,(H,23,24)(H,19,20,21). The van der Waals surface area contributed by atoms with Crippen LogP contribution in [0.2, 0.25) is 0 Å². The van der Waals surface area contributed by atoms with Crippen molar-refractivity contribution in [3.63, 3.8) is 0 Å². The van der Waals surface area contributed by atoms with Gasteiger partial charge in [-0.05, 0) is 38.8 Å². The quantitative estimate of drug-likeness (QED) is 0.899. The molecule has 1 fully saturated rings. The molecule has 0 unspecified atom stereocenters. The van der Waals surface area contributed by atoms with Gasteiger partial charge in [0.2, 0.25) is 5.95 Å². The lowest BCUT2D eigenvalue weighted by Gasteiger charge is -2.32. The van der Waals surface area contributed by atoms with E-state index in [0.29, 0.717) is 31.9 Å². The van der Waals surface area contributed by atoms with Crippen LogP contribution in [0.15, 0.2) is 30.3 Å². The van der Waals surface area contributed by atoms with Crippen molar-refractivity contribution in [2.45, 2.75) is 26.7 Å². The maximum absolute atomic E-state index is 11.1. The highest BCUT2D eigenvalue weighted by atomic mass is 16.4. The highest BCUT2D eigenvalue weighted by Gasteiger charge is 2.26. The Morgan fingerprint density at radius 1 is 1.17 bits per heavy atom. The fourth-order valence-electron chi connectivity index (χ4n) is 2.97. The van der Waals surface area contributed by atoms with Gasteiger partial charge in [-0.3, -0.25) is 4.79 Å². The molecular formula is C18H22N4O2. The molecule has 0 radical (unpaired) electrons. The molecule has 1 aromatic carbocycles. The number of nitrogens with one attached hydrogen (secondary N) is 1. The molecule has 1 aromatic heterocycles. The van der Waals surface area contributed by atoms with Gasteiger partial charge in [-0.25, -0.2) is 4.98 Å². The van der Waals surface area contributed by atoms with E-state index in [2.05, 4.69) is 20.2 Å². The Morgan fingerprint density at radius 2 is 1.83 bits per heavy atom. The van der Waals surface area contributed by atoms with Crippen molar-refractivity contribution in [2.24, 2.45) is 5.92 Å². The van der Waals surface area contributed by atoms with Crippen molar-refractivity contribution < 1.29 is 9.90 Å². The first-order valence-corrected chi connectivity index (χ1v) is 8.19. The summed E-state index contributed by atoms with van der Waals surface area (Å²) in [6.45, 7) is 5.40. The minimum Gasteiger partial charge on any atom is -0.481 e. The predicted molar refractivity (Wildman–Crippen MR) is 93.8 cm³/mol. The number of para-hydroxylation sites is 1. The smallest absolute Gasteiger partial charge is 0.306 e. The zero-order chi connectivity index (χ0) is 17.1. The first-order chi connectivity index (χ1) is 11.5. The maximum atomic E-state index is 11.1. The van der Waals surface area contributed by atoms with Crippen molar-refractivity contribution in [1.29, 1.82) is 0 Å². The van der Waals surface area contributed by atoms with Gasteiger partial charge in [0.1, 0.15) is 5.82 Å². The third-order valence-corrected chi connectivity index (χ3v) is 4.54. The molecule has 2 N–H and O–H groups in total. The second-order valence-electron chi connectivity index (χ2n) is 6.17. The molecule has 0 saturated carbocycles. The number of benzene rings is 1. The van der Waals surface area contributed by atoms with Crippen molar-refractivity contribution in [3.8, 4) is 0 Å². The van der Waals surface area contributed by atoms with Crippen LogP contribution in [0.3, 0.4) is 0 Å². The Morgan fingerprint density at radius 3 is 2.46 bits per heavy atom. The molecule has 0 atom stereocenters. The number of carboxylic acids is 1. The van der Waals surface area contributed by atoms with Crippen LogP contribution in [-0.2, 0) is 4.79 Å². The first kappa shape index (κ1) is 16.2. The molecule has 1 aliphatic rings. The van der Waals surface area contributed by atoms with Crippen molar-refractivity contribution in [1.82, 2.24) is 9.97 Å². The number of carbonyl (C=O) groups is 1. The molecule has 2 heterocycles. The zero-order valence-corrected chi connectivity index (χ0v) is 14.0. The van der Waals surface area contributed by atoms with Gasteiger partial charge in [-0.2, -0.15) is 4.98 Å². The molecule has 6 nitrogen and oxygen atoms in total. The number of rotatable bonds is 4. The number of carboxylic acid groups (broad SMARTS) is 1. The van der Waals surface area contributed by atoms with Crippen LogP contribution in [0, 0.1) is 19.8 Å². The molecule has 2 aromatic rings. The lowest BCUT2D eigenvalue weighted by molar-refractivity contribution is -0.142. The number of anilines is 3. The Bertz CT molecular complexity index is 725. The summed E-state index contributed by atoms with van der Waals surface area (Å²) in [6, 6.07) is 9.82. The summed E-state index contributed by atoms with van der Waals surface area (Å²) in [5, 5.41) is 12.4. The van der Waals surface area contributed by atoms with Crippen molar-refractivity contribution >= 4 is 23.4 Å². The number of aromatic nitrogens is 2. The number of nitrogens with zero attached hydrogens (tertiary/aromatic N) is 3. The third kappa shape index (κ3) is 3.48. The fraction of sp³-hybridized carbons (Fsp3) is 0.389. The fourth-order valence-corrected chi connectivity index (χ4v) is 2.97. The molecule has 0 amide bonds. The highest BCUT2D eigenvalue weighted by Crippen LogP contribution is 2.27. The van der Waals surface area contributed by atoms with Crippen LogP contribution in [0.4, 0.5) is 17.5 Å². The topological polar surface area (TPSA) is 78.4 Å². The molecule has 0 bridgehead atoms. The van der Waals surface area contributed by atoms with Crippen molar-refractivity contribution in [3.05, 3.63) is 41.6 Å². The number of aryl methyl sites for hydroxylation is 1. The lowest BCUT2D eigenvalue weighted by atomic mass is 9.97. The lowest BCUT2D eigenvalue weighted by Crippen LogP contribution is -2.37. The second kappa shape index (κ2) is 6.86. The van der Waals surface area contributed by atoms with E-state index in [-0.39, 0.29) is 5.92 Å². The number of aliphatic carboxylic acids is 1. The average molecular weight is 326 g/mol. The molecule has 0 aliphatic carbocycles. The normalized spacial score (nSPS) is 15.3. The van der Waals surface area contributed by atoms with E-state index in [0.717, 1.165) is 22.8 Å². The Labute approximate surface area is 141 Å². The average Bonchev–Trinajstić information content (AvgIpc) is 2.59. The van der Waals surface area contributed by atoms with E-state index < -0.39 is 5.97 Å². The van der Waals surface area contributed by atoms with Gasteiger partial charge in [0, 0.05) is 30.0 Å². The van der Waals surface area contributed by atoms with Crippen LogP contribution in [0.25, 0.3) is 0 Å².